The molecule has 0 aliphatic rings. The van der Waals surface area contributed by atoms with Crippen LogP contribution < -0.4 is 15.8 Å². The highest BCUT2D eigenvalue weighted by atomic mass is 19.1. The summed E-state index contributed by atoms with van der Waals surface area (Å²) in [5, 5.41) is 2.78. The van der Waals surface area contributed by atoms with E-state index in [0.717, 1.165) is 5.56 Å². The van der Waals surface area contributed by atoms with E-state index in [2.05, 4.69) is 5.32 Å². The van der Waals surface area contributed by atoms with Crippen LogP contribution in [0.5, 0.6) is 5.75 Å². The largest absolute Gasteiger partial charge is 0.493 e. The fourth-order valence-electron chi connectivity index (χ4n) is 1.69. The van der Waals surface area contributed by atoms with E-state index < -0.39 is 0 Å². The van der Waals surface area contributed by atoms with Gasteiger partial charge in [0.05, 0.1) is 13.0 Å². The second kappa shape index (κ2) is 7.74. The third-order valence-corrected chi connectivity index (χ3v) is 2.47. The summed E-state index contributed by atoms with van der Waals surface area (Å²) in [5.74, 6) is 0.218. The van der Waals surface area contributed by atoms with Gasteiger partial charge in [-0.1, -0.05) is 0 Å². The van der Waals surface area contributed by atoms with Crippen LogP contribution in [-0.2, 0) is 11.2 Å². The lowest BCUT2D eigenvalue weighted by atomic mass is 10.1. The topological polar surface area (TPSA) is 64.3 Å². The predicted molar refractivity (Wildman–Crippen MR) is 72.5 cm³/mol. The van der Waals surface area contributed by atoms with Crippen molar-refractivity contribution < 1.29 is 13.9 Å². The maximum atomic E-state index is 13.1. The van der Waals surface area contributed by atoms with Crippen molar-refractivity contribution in [2.75, 3.05) is 13.2 Å². The van der Waals surface area contributed by atoms with Crippen LogP contribution in [-0.4, -0.2) is 25.1 Å². The Balaban J connectivity index is 2.50. The molecule has 0 saturated carbocycles. The molecule has 3 N–H and O–H groups in total. The predicted octanol–water partition coefficient (Wildman–Crippen LogP) is 1.62. The van der Waals surface area contributed by atoms with Crippen LogP contribution in [0.3, 0.4) is 0 Å². The first-order chi connectivity index (χ1) is 9.02. The summed E-state index contributed by atoms with van der Waals surface area (Å²) in [6.45, 7) is 4.49. The molecule has 1 rings (SSSR count). The van der Waals surface area contributed by atoms with E-state index in [1.165, 1.54) is 12.1 Å². The Labute approximate surface area is 113 Å². The zero-order chi connectivity index (χ0) is 14.3. The highest BCUT2D eigenvalue weighted by Crippen LogP contribution is 2.20. The molecule has 0 aliphatic heterocycles. The van der Waals surface area contributed by atoms with Gasteiger partial charge in [0.25, 0.3) is 0 Å². The molecule has 4 nitrogen and oxygen atoms in total. The Morgan fingerprint density at radius 2 is 2.21 bits per heavy atom. The second-order valence-corrected chi connectivity index (χ2v) is 4.61. The molecule has 0 unspecified atom stereocenters. The summed E-state index contributed by atoms with van der Waals surface area (Å²) in [6, 6.07) is 4.44. The molecule has 0 radical (unpaired) electrons. The van der Waals surface area contributed by atoms with Crippen molar-refractivity contribution in [3.63, 3.8) is 0 Å². The minimum atomic E-state index is -0.312. The van der Waals surface area contributed by atoms with Crippen molar-refractivity contribution in [3.05, 3.63) is 29.6 Å². The molecule has 0 heterocycles. The third-order valence-electron chi connectivity index (χ3n) is 2.47. The molecule has 0 fully saturated rings. The molecule has 0 spiro atoms. The Morgan fingerprint density at radius 1 is 1.47 bits per heavy atom. The van der Waals surface area contributed by atoms with Gasteiger partial charge in [0.2, 0.25) is 5.91 Å². The van der Waals surface area contributed by atoms with Gasteiger partial charge in [0.1, 0.15) is 11.6 Å². The highest BCUT2D eigenvalue weighted by molar-refractivity contribution is 5.76. The Kier molecular flexibility index (Phi) is 6.29. The van der Waals surface area contributed by atoms with Crippen molar-refractivity contribution in [1.29, 1.82) is 0 Å². The van der Waals surface area contributed by atoms with Crippen LogP contribution in [0.4, 0.5) is 4.39 Å². The summed E-state index contributed by atoms with van der Waals surface area (Å²) in [4.78, 5) is 11.4. The van der Waals surface area contributed by atoms with Gasteiger partial charge in [0, 0.05) is 6.04 Å². The van der Waals surface area contributed by atoms with Crippen LogP contribution in [0.2, 0.25) is 0 Å². The first-order valence-electron chi connectivity index (χ1n) is 6.43. The number of nitrogens with two attached hydrogens (primary N) is 1. The van der Waals surface area contributed by atoms with E-state index >= 15 is 0 Å². The van der Waals surface area contributed by atoms with Crippen molar-refractivity contribution in [3.8, 4) is 5.75 Å². The number of rotatable bonds is 7. The number of nitrogens with one attached hydrogen (secondary N) is 1. The number of carbonyl (C=O) groups excluding carboxylic acids is 1. The molecule has 19 heavy (non-hydrogen) atoms. The number of carbonyl (C=O) groups is 1. The molecular weight excluding hydrogens is 247 g/mol. The van der Waals surface area contributed by atoms with E-state index in [4.69, 9.17) is 10.5 Å². The summed E-state index contributed by atoms with van der Waals surface area (Å²) >= 11 is 0. The van der Waals surface area contributed by atoms with Gasteiger partial charge in [-0.15, -0.1) is 0 Å². The van der Waals surface area contributed by atoms with Gasteiger partial charge in [-0.2, -0.15) is 0 Å². The summed E-state index contributed by atoms with van der Waals surface area (Å²) in [7, 11) is 0. The first kappa shape index (κ1) is 15.4. The van der Waals surface area contributed by atoms with Gasteiger partial charge in [-0.05, 0) is 50.6 Å². The normalized spacial score (nSPS) is 10.6. The average molecular weight is 268 g/mol. The van der Waals surface area contributed by atoms with E-state index in [1.807, 2.05) is 13.8 Å². The molecule has 0 atom stereocenters. The van der Waals surface area contributed by atoms with Crippen molar-refractivity contribution in [2.24, 2.45) is 5.73 Å². The summed E-state index contributed by atoms with van der Waals surface area (Å²) in [6.07, 6.45) is 0.822. The molecular formula is C14H21FN2O2. The number of ether oxygens (including phenoxy) is 1. The zero-order valence-corrected chi connectivity index (χ0v) is 11.4. The van der Waals surface area contributed by atoms with Crippen molar-refractivity contribution in [1.82, 2.24) is 5.32 Å². The van der Waals surface area contributed by atoms with Crippen LogP contribution >= 0.6 is 0 Å². The zero-order valence-electron chi connectivity index (χ0n) is 11.4. The molecule has 0 saturated heterocycles. The van der Waals surface area contributed by atoms with Crippen molar-refractivity contribution >= 4 is 5.91 Å². The van der Waals surface area contributed by atoms with Gasteiger partial charge in [-0.25, -0.2) is 4.39 Å². The number of hydrogen-bond acceptors (Lipinski definition) is 3. The molecule has 0 bridgehead atoms. The third kappa shape index (κ3) is 5.70. The molecule has 1 amide bonds. The monoisotopic (exact) mass is 268 g/mol. The minimum absolute atomic E-state index is 0.0579. The lowest BCUT2D eigenvalue weighted by molar-refractivity contribution is -0.122. The maximum absolute atomic E-state index is 13.1. The summed E-state index contributed by atoms with van der Waals surface area (Å²) < 4.78 is 18.6. The number of hydrogen-bond donors (Lipinski definition) is 2. The van der Waals surface area contributed by atoms with Gasteiger partial charge < -0.3 is 15.8 Å². The first-order valence-corrected chi connectivity index (χ1v) is 6.43. The van der Waals surface area contributed by atoms with Gasteiger partial charge in [0.15, 0.2) is 0 Å². The number of amides is 1. The lowest BCUT2D eigenvalue weighted by Crippen LogP contribution is -2.31. The van der Waals surface area contributed by atoms with Crippen LogP contribution in [0.15, 0.2) is 18.2 Å². The van der Waals surface area contributed by atoms with Crippen molar-refractivity contribution in [2.45, 2.75) is 32.7 Å². The van der Waals surface area contributed by atoms with E-state index in [0.29, 0.717) is 18.7 Å². The molecule has 1 aromatic carbocycles. The smallest absolute Gasteiger partial charge is 0.223 e. The van der Waals surface area contributed by atoms with Gasteiger partial charge in [-0.3, -0.25) is 4.79 Å². The fraction of sp³-hybridized carbons (Fsp3) is 0.500. The highest BCUT2D eigenvalue weighted by Gasteiger charge is 2.07. The molecule has 5 heteroatoms. The number of halogens is 1. The quantitative estimate of drug-likeness (QED) is 0.790. The molecule has 0 aliphatic carbocycles. The molecule has 1 aromatic rings. The van der Waals surface area contributed by atoms with E-state index in [1.54, 1.807) is 6.07 Å². The minimum Gasteiger partial charge on any atom is -0.493 e. The van der Waals surface area contributed by atoms with Gasteiger partial charge >= 0.3 is 0 Å². The van der Waals surface area contributed by atoms with E-state index in [-0.39, 0.29) is 30.8 Å². The Morgan fingerprint density at radius 3 is 2.84 bits per heavy atom. The second-order valence-electron chi connectivity index (χ2n) is 4.61. The van der Waals surface area contributed by atoms with Crippen LogP contribution in [0, 0.1) is 5.82 Å². The summed E-state index contributed by atoms with van der Waals surface area (Å²) in [5.41, 5.74) is 6.20. The van der Waals surface area contributed by atoms with E-state index in [9.17, 15) is 9.18 Å². The Bertz CT molecular complexity index is 422. The lowest BCUT2D eigenvalue weighted by Gasteiger charge is -2.12. The Hall–Kier alpha value is -1.62. The fourth-order valence-corrected chi connectivity index (χ4v) is 1.69. The van der Waals surface area contributed by atoms with Crippen LogP contribution in [0.1, 0.15) is 25.8 Å². The average Bonchev–Trinajstić information content (AvgIpc) is 2.31. The maximum Gasteiger partial charge on any atom is 0.223 e. The molecule has 0 aromatic heterocycles. The number of benzene rings is 1. The molecule has 106 valence electrons. The SMILES string of the molecule is CC(C)NC(=O)CCOc1ccc(F)cc1CCN. The standard InChI is InChI=1S/C14H21FN2O2/c1-10(2)17-14(18)6-8-19-13-4-3-12(15)9-11(13)5-7-16/h3-4,9-10H,5-8,16H2,1-2H3,(H,17,18). The van der Waals surface area contributed by atoms with Crippen LogP contribution in [0.25, 0.3) is 0 Å².